The van der Waals surface area contributed by atoms with Crippen LogP contribution in [0.15, 0.2) is 30.5 Å². The Bertz CT molecular complexity index is 531. The number of hydrogen-bond donors (Lipinski definition) is 2. The number of halogens is 2. The van der Waals surface area contributed by atoms with Crippen LogP contribution in [-0.4, -0.2) is 9.97 Å². The van der Waals surface area contributed by atoms with Gasteiger partial charge < -0.3 is 11.1 Å². The Morgan fingerprint density at radius 2 is 2.00 bits per heavy atom. The van der Waals surface area contributed by atoms with Gasteiger partial charge in [0.1, 0.15) is 0 Å². The fourth-order valence-electron chi connectivity index (χ4n) is 1.27. The number of rotatable bonds is 3. The normalized spacial score (nSPS) is 10.3. The summed E-state index contributed by atoms with van der Waals surface area (Å²) in [6, 6.07) is 5.14. The number of aromatic nitrogens is 2. The standard InChI is InChI=1S/C11H10F2N4/c12-9-2-1-7(5-10(9)13)16-11-15-4-3-8(6-14)17-11/h1-5H,6,14H2,(H,15,16,17). The van der Waals surface area contributed by atoms with Gasteiger partial charge >= 0.3 is 0 Å². The second kappa shape index (κ2) is 4.84. The molecule has 4 nitrogen and oxygen atoms in total. The molecule has 0 saturated carbocycles. The van der Waals surface area contributed by atoms with Crippen LogP contribution in [-0.2, 0) is 6.54 Å². The predicted molar refractivity (Wildman–Crippen MR) is 59.6 cm³/mol. The minimum atomic E-state index is -0.926. The summed E-state index contributed by atoms with van der Waals surface area (Å²) in [7, 11) is 0. The number of nitrogens with one attached hydrogen (secondary N) is 1. The monoisotopic (exact) mass is 236 g/mol. The lowest BCUT2D eigenvalue weighted by Crippen LogP contribution is -2.04. The molecule has 3 N–H and O–H groups in total. The first-order valence-electron chi connectivity index (χ1n) is 4.93. The molecule has 1 aromatic carbocycles. The van der Waals surface area contributed by atoms with Crippen molar-refractivity contribution in [1.29, 1.82) is 0 Å². The molecule has 0 aliphatic rings. The zero-order chi connectivity index (χ0) is 12.3. The molecule has 0 aliphatic carbocycles. The molecule has 0 atom stereocenters. The molecular formula is C11H10F2N4. The first kappa shape index (κ1) is 11.4. The van der Waals surface area contributed by atoms with Crippen LogP contribution in [0, 0.1) is 11.6 Å². The molecule has 1 aromatic heterocycles. The van der Waals surface area contributed by atoms with E-state index in [-0.39, 0.29) is 6.54 Å². The first-order valence-corrected chi connectivity index (χ1v) is 4.93. The van der Waals surface area contributed by atoms with Gasteiger partial charge in [-0.25, -0.2) is 18.7 Å². The average Bonchev–Trinajstić information content (AvgIpc) is 2.34. The van der Waals surface area contributed by atoms with E-state index in [4.69, 9.17) is 5.73 Å². The van der Waals surface area contributed by atoms with Crippen molar-refractivity contribution < 1.29 is 8.78 Å². The quantitative estimate of drug-likeness (QED) is 0.855. The maximum atomic E-state index is 13.0. The highest BCUT2D eigenvalue weighted by molar-refractivity contribution is 5.53. The second-order valence-electron chi connectivity index (χ2n) is 3.33. The van der Waals surface area contributed by atoms with Crippen molar-refractivity contribution in [2.24, 2.45) is 5.73 Å². The van der Waals surface area contributed by atoms with Gasteiger partial charge in [-0.1, -0.05) is 0 Å². The zero-order valence-corrected chi connectivity index (χ0v) is 8.82. The summed E-state index contributed by atoms with van der Waals surface area (Å²) in [4.78, 5) is 8.02. The predicted octanol–water partition coefficient (Wildman–Crippen LogP) is 1.96. The van der Waals surface area contributed by atoms with Gasteiger partial charge in [0.05, 0.1) is 5.69 Å². The molecule has 88 valence electrons. The Balaban J connectivity index is 2.22. The van der Waals surface area contributed by atoms with E-state index in [0.717, 1.165) is 12.1 Å². The minimum absolute atomic E-state index is 0.287. The topological polar surface area (TPSA) is 63.8 Å². The molecule has 0 saturated heterocycles. The molecule has 0 amide bonds. The van der Waals surface area contributed by atoms with Crippen molar-refractivity contribution in [3.8, 4) is 0 Å². The molecule has 0 unspecified atom stereocenters. The van der Waals surface area contributed by atoms with Gasteiger partial charge in [0.15, 0.2) is 11.6 Å². The van der Waals surface area contributed by atoms with E-state index in [0.29, 0.717) is 17.3 Å². The molecule has 0 spiro atoms. The summed E-state index contributed by atoms with van der Waals surface area (Å²) in [6.45, 7) is 0.287. The van der Waals surface area contributed by atoms with Gasteiger partial charge in [-0.2, -0.15) is 0 Å². The Kier molecular flexibility index (Phi) is 3.24. The summed E-state index contributed by atoms with van der Waals surface area (Å²) in [5.74, 6) is -1.53. The fourth-order valence-corrected chi connectivity index (χ4v) is 1.27. The molecule has 2 rings (SSSR count). The molecule has 0 bridgehead atoms. The molecular weight excluding hydrogens is 226 g/mol. The van der Waals surface area contributed by atoms with Gasteiger partial charge in [-0.05, 0) is 18.2 Å². The van der Waals surface area contributed by atoms with Crippen LogP contribution in [0.25, 0.3) is 0 Å². The van der Waals surface area contributed by atoms with Crippen LogP contribution in [0.1, 0.15) is 5.69 Å². The summed E-state index contributed by atoms with van der Waals surface area (Å²) in [5, 5.41) is 2.76. The molecule has 2 aromatic rings. The lowest BCUT2D eigenvalue weighted by molar-refractivity contribution is 0.509. The molecule has 6 heteroatoms. The number of nitrogens with zero attached hydrogens (tertiary/aromatic N) is 2. The van der Waals surface area contributed by atoms with Crippen molar-refractivity contribution in [2.45, 2.75) is 6.54 Å². The van der Waals surface area contributed by atoms with E-state index in [9.17, 15) is 8.78 Å². The van der Waals surface area contributed by atoms with Crippen molar-refractivity contribution >= 4 is 11.6 Å². The van der Waals surface area contributed by atoms with Crippen molar-refractivity contribution in [1.82, 2.24) is 9.97 Å². The zero-order valence-electron chi connectivity index (χ0n) is 8.82. The third kappa shape index (κ3) is 2.73. The highest BCUT2D eigenvalue weighted by atomic mass is 19.2. The van der Waals surface area contributed by atoms with E-state index >= 15 is 0 Å². The van der Waals surface area contributed by atoms with Gasteiger partial charge in [0.2, 0.25) is 5.95 Å². The van der Waals surface area contributed by atoms with E-state index in [1.165, 1.54) is 12.3 Å². The third-order valence-corrected chi connectivity index (χ3v) is 2.10. The van der Waals surface area contributed by atoms with Crippen LogP contribution >= 0.6 is 0 Å². The molecule has 0 aliphatic heterocycles. The van der Waals surface area contributed by atoms with Crippen LogP contribution < -0.4 is 11.1 Å². The van der Waals surface area contributed by atoms with Crippen LogP contribution in [0.2, 0.25) is 0 Å². The Labute approximate surface area is 96.5 Å². The SMILES string of the molecule is NCc1ccnc(Nc2ccc(F)c(F)c2)n1. The van der Waals surface area contributed by atoms with Crippen LogP contribution in [0.3, 0.4) is 0 Å². The second-order valence-corrected chi connectivity index (χ2v) is 3.33. The highest BCUT2D eigenvalue weighted by Crippen LogP contribution is 2.16. The largest absolute Gasteiger partial charge is 0.325 e. The molecule has 0 radical (unpaired) electrons. The van der Waals surface area contributed by atoms with E-state index < -0.39 is 11.6 Å². The Morgan fingerprint density at radius 3 is 2.71 bits per heavy atom. The first-order chi connectivity index (χ1) is 8.19. The smallest absolute Gasteiger partial charge is 0.227 e. The third-order valence-electron chi connectivity index (χ3n) is 2.10. The Morgan fingerprint density at radius 1 is 1.18 bits per heavy atom. The van der Waals surface area contributed by atoms with E-state index in [2.05, 4.69) is 15.3 Å². The number of hydrogen-bond acceptors (Lipinski definition) is 4. The lowest BCUT2D eigenvalue weighted by Gasteiger charge is -2.05. The van der Waals surface area contributed by atoms with Crippen molar-refractivity contribution in [2.75, 3.05) is 5.32 Å². The van der Waals surface area contributed by atoms with Gasteiger partial charge in [-0.3, -0.25) is 0 Å². The van der Waals surface area contributed by atoms with Gasteiger partial charge in [0.25, 0.3) is 0 Å². The van der Waals surface area contributed by atoms with E-state index in [1.807, 2.05) is 0 Å². The summed E-state index contributed by atoms with van der Waals surface area (Å²) in [5.41, 5.74) is 6.46. The van der Waals surface area contributed by atoms with Crippen LogP contribution in [0.5, 0.6) is 0 Å². The van der Waals surface area contributed by atoms with Crippen molar-refractivity contribution in [3.05, 3.63) is 47.8 Å². The lowest BCUT2D eigenvalue weighted by atomic mass is 10.3. The molecule has 17 heavy (non-hydrogen) atoms. The Hall–Kier alpha value is -2.08. The fraction of sp³-hybridized carbons (Fsp3) is 0.0909. The molecule has 0 fully saturated rings. The summed E-state index contributed by atoms with van der Waals surface area (Å²) >= 11 is 0. The van der Waals surface area contributed by atoms with Gasteiger partial charge in [-0.15, -0.1) is 0 Å². The van der Waals surface area contributed by atoms with Crippen molar-refractivity contribution in [3.63, 3.8) is 0 Å². The maximum Gasteiger partial charge on any atom is 0.227 e. The average molecular weight is 236 g/mol. The maximum absolute atomic E-state index is 13.0. The highest BCUT2D eigenvalue weighted by Gasteiger charge is 2.04. The molecule has 1 heterocycles. The number of benzene rings is 1. The minimum Gasteiger partial charge on any atom is -0.325 e. The number of nitrogens with two attached hydrogens (primary N) is 1. The van der Waals surface area contributed by atoms with Crippen LogP contribution in [0.4, 0.5) is 20.4 Å². The number of anilines is 2. The summed E-state index contributed by atoms with van der Waals surface area (Å²) < 4.78 is 25.7. The van der Waals surface area contributed by atoms with E-state index in [1.54, 1.807) is 6.07 Å². The van der Waals surface area contributed by atoms with Gasteiger partial charge in [0, 0.05) is 24.5 Å². The summed E-state index contributed by atoms with van der Waals surface area (Å²) in [6.07, 6.45) is 1.54.